The molecule has 1 saturated heterocycles. The number of rotatable bonds is 2. The maximum atomic E-state index is 11.5. The number of aryl methyl sites for hydroxylation is 1. The molecule has 1 aromatic carbocycles. The van der Waals surface area contributed by atoms with E-state index >= 15 is 0 Å². The average Bonchev–Trinajstić information content (AvgIpc) is 2.58. The van der Waals surface area contributed by atoms with Crippen molar-refractivity contribution in [3.63, 3.8) is 0 Å². The summed E-state index contributed by atoms with van der Waals surface area (Å²) in [5.41, 5.74) is 0.481. The topological polar surface area (TPSA) is 92.6 Å². The van der Waals surface area contributed by atoms with E-state index in [4.69, 9.17) is 0 Å². The lowest BCUT2D eigenvalue weighted by atomic mass is 10.2. The summed E-state index contributed by atoms with van der Waals surface area (Å²) < 4.78 is 0. The van der Waals surface area contributed by atoms with E-state index in [1.54, 1.807) is 13.0 Å². The summed E-state index contributed by atoms with van der Waals surface area (Å²) in [6, 6.07) is 3.65. The monoisotopic (exact) mass is 235 g/mol. The largest absolute Gasteiger partial charge is 0.329 e. The molecule has 2 rings (SSSR count). The highest BCUT2D eigenvalue weighted by Gasteiger charge is 2.34. The normalized spacial score (nSPS) is 15.0. The SMILES string of the molecule is Cc1ccc([N+](=O)[O-])c(N2C(=O)CNC2=O)c1. The number of amides is 3. The second-order valence-corrected chi connectivity index (χ2v) is 3.64. The van der Waals surface area contributed by atoms with Gasteiger partial charge < -0.3 is 5.32 Å². The lowest BCUT2D eigenvalue weighted by molar-refractivity contribution is -0.384. The number of nitrogens with zero attached hydrogens (tertiary/aromatic N) is 2. The molecule has 7 nitrogen and oxygen atoms in total. The van der Waals surface area contributed by atoms with Gasteiger partial charge in [-0.25, -0.2) is 9.69 Å². The minimum Gasteiger partial charge on any atom is -0.328 e. The van der Waals surface area contributed by atoms with Crippen LogP contribution in [0.3, 0.4) is 0 Å². The van der Waals surface area contributed by atoms with E-state index in [2.05, 4.69) is 5.32 Å². The van der Waals surface area contributed by atoms with E-state index in [0.717, 1.165) is 10.5 Å². The van der Waals surface area contributed by atoms with Gasteiger partial charge in [0.1, 0.15) is 5.69 Å². The molecule has 0 radical (unpaired) electrons. The summed E-state index contributed by atoms with van der Waals surface area (Å²) in [5.74, 6) is -0.497. The Morgan fingerprint density at radius 3 is 2.65 bits per heavy atom. The van der Waals surface area contributed by atoms with Crippen molar-refractivity contribution in [3.8, 4) is 0 Å². The van der Waals surface area contributed by atoms with Gasteiger partial charge in [-0.05, 0) is 18.6 Å². The highest BCUT2D eigenvalue weighted by Crippen LogP contribution is 2.30. The molecule has 0 spiro atoms. The van der Waals surface area contributed by atoms with Crippen LogP contribution in [0.2, 0.25) is 0 Å². The van der Waals surface area contributed by atoms with E-state index in [1.807, 2.05) is 0 Å². The summed E-state index contributed by atoms with van der Waals surface area (Å²) in [5, 5.41) is 13.2. The predicted molar refractivity (Wildman–Crippen MR) is 58.7 cm³/mol. The number of carbonyl (C=O) groups excluding carboxylic acids is 2. The molecular weight excluding hydrogens is 226 g/mol. The molecule has 0 aromatic heterocycles. The fourth-order valence-electron chi connectivity index (χ4n) is 1.63. The van der Waals surface area contributed by atoms with E-state index < -0.39 is 16.9 Å². The van der Waals surface area contributed by atoms with Crippen molar-refractivity contribution in [1.29, 1.82) is 0 Å². The number of anilines is 1. The Morgan fingerprint density at radius 2 is 2.12 bits per heavy atom. The number of hydrogen-bond donors (Lipinski definition) is 1. The van der Waals surface area contributed by atoms with Gasteiger partial charge in [-0.15, -0.1) is 0 Å². The van der Waals surface area contributed by atoms with Gasteiger partial charge in [-0.2, -0.15) is 0 Å². The summed E-state index contributed by atoms with van der Waals surface area (Å²) >= 11 is 0. The maximum Gasteiger partial charge on any atom is 0.329 e. The van der Waals surface area contributed by atoms with Crippen molar-refractivity contribution in [3.05, 3.63) is 33.9 Å². The van der Waals surface area contributed by atoms with Crippen LogP contribution in [-0.4, -0.2) is 23.4 Å². The van der Waals surface area contributed by atoms with Gasteiger partial charge in [0, 0.05) is 6.07 Å². The van der Waals surface area contributed by atoms with Crippen LogP contribution < -0.4 is 10.2 Å². The number of imide groups is 1. The Bertz CT molecular complexity index is 510. The number of hydrogen-bond acceptors (Lipinski definition) is 4. The molecule has 1 aromatic rings. The summed E-state index contributed by atoms with van der Waals surface area (Å²) in [7, 11) is 0. The van der Waals surface area contributed by atoms with Crippen molar-refractivity contribution < 1.29 is 14.5 Å². The quantitative estimate of drug-likeness (QED) is 0.469. The first-order valence-electron chi connectivity index (χ1n) is 4.86. The molecule has 1 aliphatic rings. The van der Waals surface area contributed by atoms with Gasteiger partial charge in [-0.1, -0.05) is 6.07 Å². The second kappa shape index (κ2) is 3.85. The lowest BCUT2D eigenvalue weighted by Crippen LogP contribution is -2.31. The Kier molecular flexibility index (Phi) is 2.51. The van der Waals surface area contributed by atoms with Crippen molar-refractivity contribution in [1.82, 2.24) is 5.32 Å². The number of nitro benzene ring substituents is 1. The predicted octanol–water partition coefficient (Wildman–Crippen LogP) is 0.959. The molecule has 3 amide bonds. The van der Waals surface area contributed by atoms with Gasteiger partial charge in [-0.3, -0.25) is 14.9 Å². The maximum absolute atomic E-state index is 11.5. The molecule has 1 aliphatic heterocycles. The summed E-state index contributed by atoms with van der Waals surface area (Å²) in [6.07, 6.45) is 0. The van der Waals surface area contributed by atoms with Gasteiger partial charge in [0.25, 0.3) is 11.6 Å². The van der Waals surface area contributed by atoms with E-state index in [9.17, 15) is 19.7 Å². The smallest absolute Gasteiger partial charge is 0.328 e. The number of urea groups is 1. The van der Waals surface area contributed by atoms with Gasteiger partial charge in [0.15, 0.2) is 0 Å². The number of nitro groups is 1. The first-order chi connectivity index (χ1) is 8.00. The Hall–Kier alpha value is -2.44. The fraction of sp³-hybridized carbons (Fsp3) is 0.200. The molecule has 0 saturated carbocycles. The second-order valence-electron chi connectivity index (χ2n) is 3.64. The van der Waals surface area contributed by atoms with Crippen molar-refractivity contribution in [2.24, 2.45) is 0 Å². The summed E-state index contributed by atoms with van der Waals surface area (Å²) in [6.45, 7) is 1.59. The van der Waals surface area contributed by atoms with Crippen molar-refractivity contribution in [2.45, 2.75) is 6.92 Å². The minimum absolute atomic E-state index is 0.00926. The van der Waals surface area contributed by atoms with Crippen LogP contribution in [0, 0.1) is 17.0 Å². The van der Waals surface area contributed by atoms with Crippen LogP contribution in [0.4, 0.5) is 16.2 Å². The van der Waals surface area contributed by atoms with Crippen LogP contribution in [-0.2, 0) is 4.79 Å². The first kappa shape index (κ1) is 11.1. The third-order valence-electron chi connectivity index (χ3n) is 2.41. The van der Waals surface area contributed by atoms with Gasteiger partial charge >= 0.3 is 6.03 Å². The number of carbonyl (C=O) groups is 2. The van der Waals surface area contributed by atoms with E-state index in [-0.39, 0.29) is 17.9 Å². The minimum atomic E-state index is -0.635. The molecule has 1 fully saturated rings. The zero-order valence-corrected chi connectivity index (χ0v) is 8.97. The fourth-order valence-corrected chi connectivity index (χ4v) is 1.63. The molecule has 0 bridgehead atoms. The highest BCUT2D eigenvalue weighted by molar-refractivity contribution is 6.20. The first-order valence-corrected chi connectivity index (χ1v) is 4.86. The molecule has 17 heavy (non-hydrogen) atoms. The van der Waals surface area contributed by atoms with Gasteiger partial charge in [0.05, 0.1) is 11.5 Å². The van der Waals surface area contributed by atoms with Crippen molar-refractivity contribution >= 4 is 23.3 Å². The van der Waals surface area contributed by atoms with Crippen LogP contribution in [0.15, 0.2) is 18.2 Å². The average molecular weight is 235 g/mol. The number of benzene rings is 1. The van der Waals surface area contributed by atoms with E-state index in [0.29, 0.717) is 0 Å². The molecule has 88 valence electrons. The Morgan fingerprint density at radius 1 is 1.41 bits per heavy atom. The highest BCUT2D eigenvalue weighted by atomic mass is 16.6. The Balaban J connectivity index is 2.57. The zero-order chi connectivity index (χ0) is 12.6. The summed E-state index contributed by atoms with van der Waals surface area (Å²) in [4.78, 5) is 34.0. The molecule has 0 aliphatic carbocycles. The van der Waals surface area contributed by atoms with Crippen LogP contribution in [0.25, 0.3) is 0 Å². The van der Waals surface area contributed by atoms with Crippen LogP contribution in [0.5, 0.6) is 0 Å². The van der Waals surface area contributed by atoms with E-state index in [1.165, 1.54) is 12.1 Å². The standard InChI is InChI=1S/C10H9N3O4/c1-6-2-3-7(13(16)17)8(4-6)12-9(14)5-11-10(12)15/h2-4H,5H2,1H3,(H,11,15). The molecule has 1 N–H and O–H groups in total. The molecular formula is C10H9N3O4. The zero-order valence-electron chi connectivity index (χ0n) is 8.97. The third-order valence-corrected chi connectivity index (χ3v) is 2.41. The van der Waals surface area contributed by atoms with Crippen LogP contribution in [0.1, 0.15) is 5.56 Å². The molecule has 0 atom stereocenters. The Labute approximate surface area is 96.2 Å². The van der Waals surface area contributed by atoms with Gasteiger partial charge in [0.2, 0.25) is 0 Å². The number of nitrogens with one attached hydrogen (secondary N) is 1. The molecule has 7 heteroatoms. The molecule has 1 heterocycles. The van der Waals surface area contributed by atoms with Crippen LogP contribution >= 0.6 is 0 Å². The lowest BCUT2D eigenvalue weighted by Gasteiger charge is -2.12. The van der Waals surface area contributed by atoms with Crippen molar-refractivity contribution in [2.75, 3.05) is 11.4 Å². The third kappa shape index (κ3) is 1.82. The molecule has 0 unspecified atom stereocenters.